The molecule has 0 nitrogen and oxygen atoms in total. The maximum absolute atomic E-state index is 8.15. The van der Waals surface area contributed by atoms with Crippen molar-refractivity contribution in [3.63, 3.8) is 0 Å². The van der Waals surface area contributed by atoms with Crippen molar-refractivity contribution < 1.29 is 1.37 Å². The van der Waals surface area contributed by atoms with Crippen LogP contribution in [0.2, 0.25) is 0 Å². The molecule has 0 saturated heterocycles. The van der Waals surface area contributed by atoms with Crippen molar-refractivity contribution in [1.82, 2.24) is 0 Å². The molecule has 0 amide bonds. The molecule has 4 aromatic rings. The predicted molar refractivity (Wildman–Crippen MR) is 79.0 cm³/mol. The molecule has 0 unspecified atom stereocenters. The first-order valence-corrected chi connectivity index (χ1v) is 6.14. The average molecular weight is 229 g/mol. The lowest BCUT2D eigenvalue weighted by atomic mass is 9.98. The summed E-state index contributed by atoms with van der Waals surface area (Å²) < 4.78 is 8.15. The van der Waals surface area contributed by atoms with Gasteiger partial charge in [0, 0.05) is 0 Å². The smallest absolute Gasteiger partial charge is 0.0616 e. The van der Waals surface area contributed by atoms with E-state index in [0.29, 0.717) is 6.04 Å². The third kappa shape index (κ3) is 1.32. The van der Waals surface area contributed by atoms with Crippen LogP contribution in [0, 0.1) is 0 Å². The molecule has 0 aromatic heterocycles. The van der Waals surface area contributed by atoms with Gasteiger partial charge >= 0.3 is 0 Å². The first kappa shape index (κ1) is 8.71. The van der Waals surface area contributed by atoms with E-state index in [1.165, 1.54) is 21.5 Å². The van der Waals surface area contributed by atoms with Crippen LogP contribution in [0.3, 0.4) is 0 Å². The summed E-state index contributed by atoms with van der Waals surface area (Å²) in [4.78, 5) is 0. The Morgan fingerprint density at radius 1 is 0.556 bits per heavy atom. The Balaban J connectivity index is 2.29. The quantitative estimate of drug-likeness (QED) is 0.289. The van der Waals surface area contributed by atoms with E-state index < -0.39 is 0 Å². The maximum Gasteiger partial charge on any atom is 0.0629 e. The third-order valence-corrected chi connectivity index (χ3v) is 3.52. The van der Waals surface area contributed by atoms with Crippen molar-refractivity contribution in [2.75, 3.05) is 0 Å². The van der Waals surface area contributed by atoms with Crippen LogP contribution in [0.25, 0.3) is 32.3 Å². The molecule has 4 aromatic carbocycles. The molecule has 0 heteroatoms. The molecule has 0 aliphatic rings. The summed E-state index contributed by atoms with van der Waals surface area (Å²) in [6, 6.07) is 23.5. The lowest BCUT2D eigenvalue weighted by molar-refractivity contribution is 1.77. The van der Waals surface area contributed by atoms with Crippen molar-refractivity contribution in [3.8, 4) is 0 Å². The van der Waals surface area contributed by atoms with Gasteiger partial charge in [0.2, 0.25) is 0 Å². The molecule has 0 bridgehead atoms. The summed E-state index contributed by atoms with van der Waals surface area (Å²) in [5, 5.41) is 7.02. The van der Waals surface area contributed by atoms with Crippen LogP contribution in [0.15, 0.2) is 72.8 Å². The third-order valence-electron chi connectivity index (χ3n) is 3.52. The van der Waals surface area contributed by atoms with Crippen molar-refractivity contribution in [3.05, 3.63) is 72.8 Å². The molecule has 0 aliphatic heterocycles. The molecular weight excluding hydrogens is 216 g/mol. The Morgan fingerprint density at radius 3 is 2.11 bits per heavy atom. The average Bonchev–Trinajstić information content (AvgIpc) is 2.45. The normalized spacial score (nSPS) is 12.1. The number of hydrogen-bond acceptors (Lipinski definition) is 0. The van der Waals surface area contributed by atoms with Gasteiger partial charge in [-0.25, -0.2) is 0 Å². The highest BCUT2D eigenvalue weighted by atomic mass is 14.1. The molecule has 0 radical (unpaired) electrons. The predicted octanol–water partition coefficient (Wildman–Crippen LogP) is 5.15. The minimum atomic E-state index is 0.596. The van der Waals surface area contributed by atoms with Gasteiger partial charge in [0.25, 0.3) is 0 Å². The molecule has 84 valence electrons. The minimum absolute atomic E-state index is 0.596. The molecule has 4 rings (SSSR count). The second kappa shape index (κ2) is 3.58. The molecule has 0 N–H and O–H groups in total. The maximum atomic E-state index is 8.15. The fourth-order valence-electron chi connectivity index (χ4n) is 2.61. The largest absolute Gasteiger partial charge is 0.0629 e. The van der Waals surface area contributed by atoms with E-state index in [2.05, 4.69) is 54.6 Å². The topological polar surface area (TPSA) is 0 Å². The highest BCUT2D eigenvalue weighted by molar-refractivity contribution is 6.11. The van der Waals surface area contributed by atoms with Crippen LogP contribution in [0.5, 0.6) is 0 Å². The summed E-state index contributed by atoms with van der Waals surface area (Å²) in [6.45, 7) is 0. The van der Waals surface area contributed by atoms with Crippen molar-refractivity contribution in [2.24, 2.45) is 0 Å². The minimum Gasteiger partial charge on any atom is -0.0616 e. The van der Waals surface area contributed by atoms with Gasteiger partial charge < -0.3 is 0 Å². The van der Waals surface area contributed by atoms with E-state index in [1.54, 1.807) is 0 Å². The van der Waals surface area contributed by atoms with Gasteiger partial charge in [0.05, 0.1) is 1.37 Å². The molecule has 0 atom stereocenters. The fraction of sp³-hybridized carbons (Fsp3) is 0. The highest BCUT2D eigenvalue weighted by Gasteiger charge is 2.01. The Kier molecular flexibility index (Phi) is 1.73. The van der Waals surface area contributed by atoms with Crippen LogP contribution < -0.4 is 0 Å². The highest BCUT2D eigenvalue weighted by Crippen LogP contribution is 2.29. The fourth-order valence-corrected chi connectivity index (χ4v) is 2.61. The lowest BCUT2D eigenvalue weighted by Gasteiger charge is -2.06. The Bertz CT molecular complexity index is 922. The van der Waals surface area contributed by atoms with E-state index in [4.69, 9.17) is 1.37 Å². The molecular formula is C18H12. The summed E-state index contributed by atoms with van der Waals surface area (Å²) >= 11 is 0. The molecule has 0 heterocycles. The van der Waals surface area contributed by atoms with E-state index in [-0.39, 0.29) is 0 Å². The van der Waals surface area contributed by atoms with Gasteiger partial charge in [-0.3, -0.25) is 0 Å². The zero-order valence-electron chi connectivity index (χ0n) is 10.9. The zero-order valence-corrected chi connectivity index (χ0v) is 9.85. The van der Waals surface area contributed by atoms with Gasteiger partial charge in [0.1, 0.15) is 0 Å². The van der Waals surface area contributed by atoms with Gasteiger partial charge in [-0.15, -0.1) is 0 Å². The van der Waals surface area contributed by atoms with Gasteiger partial charge in [0.15, 0.2) is 0 Å². The number of benzene rings is 4. The van der Waals surface area contributed by atoms with E-state index >= 15 is 0 Å². The second-order valence-corrected chi connectivity index (χ2v) is 4.62. The van der Waals surface area contributed by atoms with E-state index in [9.17, 15) is 0 Å². The molecule has 18 heavy (non-hydrogen) atoms. The van der Waals surface area contributed by atoms with Gasteiger partial charge in [-0.1, -0.05) is 60.6 Å². The Hall–Kier alpha value is -2.34. The molecule has 0 fully saturated rings. The molecule has 0 saturated carbocycles. The first-order chi connectivity index (χ1) is 9.33. The monoisotopic (exact) mass is 229 g/mol. The number of rotatable bonds is 0. The van der Waals surface area contributed by atoms with Crippen LogP contribution in [-0.2, 0) is 0 Å². The first-order valence-electron chi connectivity index (χ1n) is 6.64. The lowest BCUT2D eigenvalue weighted by Crippen LogP contribution is -1.79. The van der Waals surface area contributed by atoms with Crippen LogP contribution in [0.4, 0.5) is 0 Å². The van der Waals surface area contributed by atoms with E-state index in [1.807, 2.05) is 12.1 Å². The Morgan fingerprint density at radius 2 is 1.22 bits per heavy atom. The standard InChI is InChI=1S/C18H12/c1-2-7-15-12-18-16(11-14(15)6-1)10-9-13-5-3-4-8-17(13)18/h1-12H/i8D. The molecule has 0 aliphatic carbocycles. The summed E-state index contributed by atoms with van der Waals surface area (Å²) in [7, 11) is 0. The summed E-state index contributed by atoms with van der Waals surface area (Å²) in [6.07, 6.45) is 0. The van der Waals surface area contributed by atoms with Crippen LogP contribution in [-0.4, -0.2) is 0 Å². The van der Waals surface area contributed by atoms with E-state index in [0.717, 1.165) is 10.8 Å². The van der Waals surface area contributed by atoms with Crippen molar-refractivity contribution in [1.29, 1.82) is 0 Å². The summed E-state index contributed by atoms with van der Waals surface area (Å²) in [5.74, 6) is 0. The number of fused-ring (bicyclic) bond motifs is 4. The van der Waals surface area contributed by atoms with Crippen LogP contribution in [0.1, 0.15) is 1.37 Å². The summed E-state index contributed by atoms with van der Waals surface area (Å²) in [5.41, 5.74) is 0. The SMILES string of the molecule is [2H]c1cccc2ccc3cc4ccccc4cc3c12. The van der Waals surface area contributed by atoms with Gasteiger partial charge in [-0.05, 0) is 44.5 Å². The van der Waals surface area contributed by atoms with Crippen molar-refractivity contribution >= 4 is 32.3 Å². The second-order valence-electron chi connectivity index (χ2n) is 4.62. The zero-order chi connectivity index (χ0) is 12.8. The van der Waals surface area contributed by atoms with Crippen molar-refractivity contribution in [2.45, 2.75) is 0 Å². The Labute approximate surface area is 107 Å². The van der Waals surface area contributed by atoms with Crippen LogP contribution >= 0.6 is 0 Å². The molecule has 0 spiro atoms. The number of hydrogen-bond donors (Lipinski definition) is 0. The van der Waals surface area contributed by atoms with Gasteiger partial charge in [-0.2, -0.15) is 0 Å².